The number of hydrogen-bond donors (Lipinski definition) is 1. The molecule has 2 unspecified atom stereocenters. The van der Waals surface area contributed by atoms with E-state index in [1.54, 1.807) is 0 Å². The summed E-state index contributed by atoms with van der Waals surface area (Å²) in [6.07, 6.45) is 1.87. The highest BCUT2D eigenvalue weighted by atomic mass is 16.5. The molecule has 2 heterocycles. The first kappa shape index (κ1) is 21.1. The first-order chi connectivity index (χ1) is 14.9. The molecule has 1 aliphatic rings. The van der Waals surface area contributed by atoms with E-state index in [4.69, 9.17) is 14.8 Å². The first-order valence-corrected chi connectivity index (χ1v) is 10.6. The third kappa shape index (κ3) is 4.94. The van der Waals surface area contributed by atoms with Crippen LogP contribution in [0.3, 0.4) is 0 Å². The van der Waals surface area contributed by atoms with Crippen LogP contribution in [0.5, 0.6) is 5.75 Å². The normalized spacial score (nSPS) is 19.5. The lowest BCUT2D eigenvalue weighted by Gasteiger charge is -2.45. The van der Waals surface area contributed by atoms with E-state index in [2.05, 4.69) is 34.7 Å². The maximum atomic E-state index is 10.8. The number of hydrogen-bond acceptors (Lipinski definition) is 6. The lowest BCUT2D eigenvalue weighted by Crippen LogP contribution is -2.56. The second-order valence-corrected chi connectivity index (χ2v) is 8.33. The maximum absolute atomic E-state index is 10.8. The molecular formula is C24H28N4O3. The van der Waals surface area contributed by atoms with Crippen molar-refractivity contribution < 1.29 is 14.6 Å². The van der Waals surface area contributed by atoms with Gasteiger partial charge < -0.3 is 14.7 Å². The van der Waals surface area contributed by atoms with E-state index in [9.17, 15) is 4.79 Å². The van der Waals surface area contributed by atoms with Crippen LogP contribution in [0.1, 0.15) is 25.0 Å². The molecule has 4 rings (SSSR count). The molecule has 0 aliphatic carbocycles. The summed E-state index contributed by atoms with van der Waals surface area (Å²) in [4.78, 5) is 25.0. The number of carboxylic acids is 1. The van der Waals surface area contributed by atoms with Gasteiger partial charge in [0.1, 0.15) is 11.6 Å². The molecule has 0 amide bonds. The van der Waals surface area contributed by atoms with E-state index >= 15 is 0 Å². The number of fused-ring (bicyclic) bond motifs is 1. The zero-order valence-electron chi connectivity index (χ0n) is 18.2. The largest absolute Gasteiger partial charge is 0.482 e. The monoisotopic (exact) mass is 420 g/mol. The van der Waals surface area contributed by atoms with Crippen LogP contribution in [0.25, 0.3) is 11.0 Å². The summed E-state index contributed by atoms with van der Waals surface area (Å²) in [7, 11) is 0. The van der Waals surface area contributed by atoms with E-state index in [1.807, 2.05) is 49.5 Å². The summed E-state index contributed by atoms with van der Waals surface area (Å²) in [6, 6.07) is 14.5. The third-order valence-corrected chi connectivity index (χ3v) is 5.70. The predicted molar refractivity (Wildman–Crippen MR) is 121 cm³/mol. The Balaban J connectivity index is 1.47. The summed E-state index contributed by atoms with van der Waals surface area (Å²) in [5, 5.41) is 8.87. The molecule has 2 atom stereocenters. The molecule has 162 valence electrons. The van der Waals surface area contributed by atoms with Crippen molar-refractivity contribution in [2.75, 3.05) is 24.6 Å². The highest BCUT2D eigenvalue weighted by Crippen LogP contribution is 2.25. The Morgan fingerprint density at radius 1 is 1.13 bits per heavy atom. The lowest BCUT2D eigenvalue weighted by molar-refractivity contribution is -0.139. The molecule has 1 aliphatic heterocycles. The van der Waals surface area contributed by atoms with Gasteiger partial charge in [-0.3, -0.25) is 9.88 Å². The quantitative estimate of drug-likeness (QED) is 0.654. The maximum Gasteiger partial charge on any atom is 0.341 e. The molecule has 7 heteroatoms. The highest BCUT2D eigenvalue weighted by Gasteiger charge is 2.30. The van der Waals surface area contributed by atoms with Gasteiger partial charge in [0.05, 0.1) is 17.2 Å². The fourth-order valence-electron chi connectivity index (χ4n) is 4.31. The Morgan fingerprint density at radius 2 is 1.84 bits per heavy atom. The lowest BCUT2D eigenvalue weighted by atomic mass is 10.0. The Kier molecular flexibility index (Phi) is 6.04. The number of piperazine rings is 1. The third-order valence-electron chi connectivity index (χ3n) is 5.70. The number of benzene rings is 2. The summed E-state index contributed by atoms with van der Waals surface area (Å²) in [6.45, 7) is 8.65. The van der Waals surface area contributed by atoms with Crippen molar-refractivity contribution in [2.24, 2.45) is 0 Å². The molecule has 0 radical (unpaired) electrons. The van der Waals surface area contributed by atoms with Crippen molar-refractivity contribution in [1.82, 2.24) is 14.9 Å². The van der Waals surface area contributed by atoms with Gasteiger partial charge in [0.25, 0.3) is 0 Å². The minimum absolute atomic E-state index is 0.320. The Hall–Kier alpha value is -3.19. The topological polar surface area (TPSA) is 78.8 Å². The SMILES string of the molecule is Cc1cc(CN2C(C)CN(c3cnc4ccccc4n3)CC2C)cc(OCC(=O)O)c1. The second-order valence-electron chi connectivity index (χ2n) is 8.33. The minimum Gasteiger partial charge on any atom is -0.482 e. The number of aryl methyl sites for hydroxylation is 1. The van der Waals surface area contributed by atoms with Crippen molar-refractivity contribution in [3.05, 3.63) is 59.8 Å². The summed E-state index contributed by atoms with van der Waals surface area (Å²) in [5.74, 6) is 0.540. The molecule has 31 heavy (non-hydrogen) atoms. The van der Waals surface area contributed by atoms with Crippen molar-refractivity contribution >= 4 is 22.8 Å². The molecule has 3 aromatic rings. The smallest absolute Gasteiger partial charge is 0.341 e. The molecule has 0 bridgehead atoms. The Bertz CT molecular complexity index is 1080. The average Bonchev–Trinajstić information content (AvgIpc) is 2.74. The average molecular weight is 421 g/mol. The molecule has 1 saturated heterocycles. The molecule has 7 nitrogen and oxygen atoms in total. The van der Waals surface area contributed by atoms with E-state index in [1.165, 1.54) is 0 Å². The molecule has 0 spiro atoms. The standard InChI is InChI=1S/C24H28N4O3/c1-16-8-19(10-20(9-16)31-15-24(29)30)14-28-17(2)12-27(13-18(28)3)23-11-25-21-6-4-5-7-22(21)26-23/h4-11,17-18H,12-15H2,1-3H3,(H,29,30). The number of aliphatic carboxylic acids is 1. The number of carbonyl (C=O) groups is 1. The van der Waals surface area contributed by atoms with Gasteiger partial charge in [0, 0.05) is 31.7 Å². The van der Waals surface area contributed by atoms with Crippen molar-refractivity contribution in [1.29, 1.82) is 0 Å². The van der Waals surface area contributed by atoms with Gasteiger partial charge in [-0.25, -0.2) is 9.78 Å². The van der Waals surface area contributed by atoms with Crippen LogP contribution < -0.4 is 9.64 Å². The van der Waals surface area contributed by atoms with Crippen LogP contribution in [0, 0.1) is 6.92 Å². The number of para-hydroxylation sites is 2. The van der Waals surface area contributed by atoms with Gasteiger partial charge in [-0.05, 0) is 56.2 Å². The number of aromatic nitrogens is 2. The van der Waals surface area contributed by atoms with E-state index in [-0.39, 0.29) is 6.61 Å². The van der Waals surface area contributed by atoms with E-state index in [0.717, 1.165) is 47.6 Å². The van der Waals surface area contributed by atoms with Crippen LogP contribution in [0.2, 0.25) is 0 Å². The number of carboxylic acid groups (broad SMARTS) is 1. The van der Waals surface area contributed by atoms with Crippen LogP contribution >= 0.6 is 0 Å². The molecule has 1 aromatic heterocycles. The summed E-state index contributed by atoms with van der Waals surface area (Å²) >= 11 is 0. The summed E-state index contributed by atoms with van der Waals surface area (Å²) in [5.41, 5.74) is 4.00. The van der Waals surface area contributed by atoms with Crippen LogP contribution in [0.15, 0.2) is 48.7 Å². The predicted octanol–water partition coefficient (Wildman–Crippen LogP) is 3.50. The van der Waals surface area contributed by atoms with Gasteiger partial charge >= 0.3 is 5.97 Å². The first-order valence-electron chi connectivity index (χ1n) is 10.6. The number of anilines is 1. The number of rotatable bonds is 6. The van der Waals surface area contributed by atoms with Crippen LogP contribution in [-0.4, -0.2) is 57.7 Å². The fraction of sp³-hybridized carbons (Fsp3) is 0.375. The second kappa shape index (κ2) is 8.89. The van der Waals surface area contributed by atoms with E-state index < -0.39 is 5.97 Å². The zero-order valence-corrected chi connectivity index (χ0v) is 18.2. The van der Waals surface area contributed by atoms with Gasteiger partial charge in [-0.15, -0.1) is 0 Å². The molecule has 1 N–H and O–H groups in total. The summed E-state index contributed by atoms with van der Waals surface area (Å²) < 4.78 is 5.40. The fourth-order valence-corrected chi connectivity index (χ4v) is 4.31. The van der Waals surface area contributed by atoms with Crippen molar-refractivity contribution in [2.45, 2.75) is 39.4 Å². The minimum atomic E-state index is -0.974. The molecule has 1 fully saturated rings. The molecule has 0 saturated carbocycles. The highest BCUT2D eigenvalue weighted by molar-refractivity contribution is 5.75. The number of ether oxygens (including phenoxy) is 1. The van der Waals surface area contributed by atoms with Gasteiger partial charge in [-0.2, -0.15) is 0 Å². The molecule has 2 aromatic carbocycles. The Labute approximate surface area is 182 Å². The van der Waals surface area contributed by atoms with Gasteiger partial charge in [0.15, 0.2) is 6.61 Å². The zero-order chi connectivity index (χ0) is 22.0. The molecular weight excluding hydrogens is 392 g/mol. The van der Waals surface area contributed by atoms with Gasteiger partial charge in [-0.1, -0.05) is 18.2 Å². The van der Waals surface area contributed by atoms with Crippen LogP contribution in [-0.2, 0) is 11.3 Å². The number of nitrogens with zero attached hydrogens (tertiary/aromatic N) is 4. The Morgan fingerprint density at radius 3 is 2.55 bits per heavy atom. The van der Waals surface area contributed by atoms with Crippen molar-refractivity contribution in [3.63, 3.8) is 0 Å². The van der Waals surface area contributed by atoms with Gasteiger partial charge in [0.2, 0.25) is 0 Å². The van der Waals surface area contributed by atoms with Crippen LogP contribution in [0.4, 0.5) is 5.82 Å². The van der Waals surface area contributed by atoms with Crippen molar-refractivity contribution in [3.8, 4) is 5.75 Å². The van der Waals surface area contributed by atoms with E-state index in [0.29, 0.717) is 17.8 Å².